The van der Waals surface area contributed by atoms with Crippen molar-refractivity contribution in [3.05, 3.63) is 46.2 Å². The highest BCUT2D eigenvalue weighted by molar-refractivity contribution is 5.79. The van der Waals surface area contributed by atoms with Crippen LogP contribution in [-0.2, 0) is 24.3 Å². The molecule has 1 fully saturated rings. The Kier molecular flexibility index (Phi) is 6.93. The molecule has 1 aliphatic heterocycles. The first-order valence-corrected chi connectivity index (χ1v) is 11.3. The smallest absolute Gasteiger partial charge is 0.281 e. The van der Waals surface area contributed by atoms with Crippen LogP contribution < -0.4 is 21.5 Å². The van der Waals surface area contributed by atoms with Crippen LogP contribution in [0.4, 0.5) is 11.9 Å². The van der Waals surface area contributed by atoms with Crippen molar-refractivity contribution >= 4 is 29.0 Å². The first-order chi connectivity index (χ1) is 16.1. The molecule has 172 valence electrons. The number of aromatic nitrogens is 4. The number of amides is 1. The van der Waals surface area contributed by atoms with Crippen LogP contribution in [0.2, 0.25) is 0 Å². The molecular formula is C24H29N7O2. The van der Waals surface area contributed by atoms with Crippen LogP contribution in [0.3, 0.4) is 0 Å². The van der Waals surface area contributed by atoms with Crippen molar-refractivity contribution in [1.29, 1.82) is 0 Å². The molecule has 0 unspecified atom stereocenters. The molecule has 3 N–H and O–H groups in total. The fourth-order valence-corrected chi connectivity index (χ4v) is 4.14. The lowest BCUT2D eigenvalue weighted by molar-refractivity contribution is -0.116. The Morgan fingerprint density at radius 2 is 1.88 bits per heavy atom. The van der Waals surface area contributed by atoms with E-state index in [4.69, 9.17) is 10.7 Å². The standard InChI is InChI=1S/C24H29N7O2/c1-2-3-15-30-20-21(28-24(30)29-13-8-5-9-14-29)27-23(26-17-19(25)32)31(22(20)33)16-12-18-10-6-4-7-11-18/h4,6-7,10-11H,5,8-9,12-17H2,1H3,(H2,25,32)(H,26,27). The molecule has 1 saturated heterocycles. The van der Waals surface area contributed by atoms with Gasteiger partial charge in [-0.1, -0.05) is 36.3 Å². The molecular weight excluding hydrogens is 418 g/mol. The van der Waals surface area contributed by atoms with Crippen molar-refractivity contribution in [2.24, 2.45) is 5.73 Å². The zero-order chi connectivity index (χ0) is 23.2. The van der Waals surface area contributed by atoms with Gasteiger partial charge >= 0.3 is 0 Å². The summed E-state index contributed by atoms with van der Waals surface area (Å²) in [5.74, 6) is 6.47. The van der Waals surface area contributed by atoms with Gasteiger partial charge in [-0.25, -0.2) is 0 Å². The Morgan fingerprint density at radius 3 is 2.58 bits per heavy atom. The average Bonchev–Trinajstić information content (AvgIpc) is 3.20. The third kappa shape index (κ3) is 5.00. The molecule has 4 rings (SSSR count). The number of hydrogen-bond donors (Lipinski definition) is 2. The summed E-state index contributed by atoms with van der Waals surface area (Å²) in [4.78, 5) is 36.7. The van der Waals surface area contributed by atoms with Gasteiger partial charge < -0.3 is 16.0 Å². The van der Waals surface area contributed by atoms with Crippen molar-refractivity contribution < 1.29 is 4.79 Å². The molecule has 1 amide bonds. The molecule has 0 aliphatic carbocycles. The zero-order valence-electron chi connectivity index (χ0n) is 18.9. The SMILES string of the molecule is CC#CCn1c(N2CCCCC2)nc2nc(NCC(N)=O)n(CCc3ccccc3)c(=O)c21. The minimum absolute atomic E-state index is 0.121. The summed E-state index contributed by atoms with van der Waals surface area (Å²) in [6.07, 6.45) is 4.00. The molecule has 9 heteroatoms. The number of nitrogens with zero attached hydrogens (tertiary/aromatic N) is 5. The largest absolute Gasteiger partial charge is 0.368 e. The van der Waals surface area contributed by atoms with E-state index in [9.17, 15) is 9.59 Å². The van der Waals surface area contributed by atoms with Crippen LogP contribution in [0.1, 0.15) is 31.7 Å². The number of fused-ring (bicyclic) bond motifs is 1. The zero-order valence-corrected chi connectivity index (χ0v) is 18.9. The minimum atomic E-state index is -0.531. The minimum Gasteiger partial charge on any atom is -0.368 e. The number of carbonyl (C=O) groups excluding carboxylic acids is 1. The number of carbonyl (C=O) groups is 1. The predicted molar refractivity (Wildman–Crippen MR) is 129 cm³/mol. The van der Waals surface area contributed by atoms with E-state index in [2.05, 4.69) is 27.0 Å². The van der Waals surface area contributed by atoms with Crippen LogP contribution in [0.25, 0.3) is 11.2 Å². The number of anilines is 2. The van der Waals surface area contributed by atoms with E-state index in [1.165, 1.54) is 6.42 Å². The summed E-state index contributed by atoms with van der Waals surface area (Å²) < 4.78 is 3.44. The molecule has 0 atom stereocenters. The fraction of sp³-hybridized carbons (Fsp3) is 0.417. The van der Waals surface area contributed by atoms with E-state index in [1.54, 1.807) is 11.5 Å². The maximum absolute atomic E-state index is 13.7. The number of nitrogens with one attached hydrogen (secondary N) is 1. The van der Waals surface area contributed by atoms with Gasteiger partial charge in [-0.05, 0) is 38.2 Å². The van der Waals surface area contributed by atoms with Gasteiger partial charge in [0, 0.05) is 19.6 Å². The van der Waals surface area contributed by atoms with Crippen molar-refractivity contribution in [2.45, 2.75) is 45.7 Å². The van der Waals surface area contributed by atoms with Gasteiger partial charge in [0.1, 0.15) is 0 Å². The summed E-state index contributed by atoms with van der Waals surface area (Å²) in [6.45, 7) is 4.20. The molecule has 0 spiro atoms. The fourth-order valence-electron chi connectivity index (χ4n) is 4.14. The number of nitrogens with two attached hydrogens (primary N) is 1. The monoisotopic (exact) mass is 447 g/mol. The number of piperidine rings is 1. The van der Waals surface area contributed by atoms with E-state index in [0.29, 0.717) is 36.6 Å². The molecule has 9 nitrogen and oxygen atoms in total. The first kappa shape index (κ1) is 22.4. The number of aryl methyl sites for hydroxylation is 1. The Bertz CT molecular complexity index is 1250. The Hall–Kier alpha value is -3.80. The van der Waals surface area contributed by atoms with Gasteiger partial charge in [-0.3, -0.25) is 18.7 Å². The Labute approximate surface area is 192 Å². The van der Waals surface area contributed by atoms with Crippen LogP contribution >= 0.6 is 0 Å². The number of imidazole rings is 1. The maximum atomic E-state index is 13.7. The molecule has 2 aromatic heterocycles. The van der Waals surface area contributed by atoms with Crippen molar-refractivity contribution in [3.63, 3.8) is 0 Å². The lowest BCUT2D eigenvalue weighted by atomic mass is 10.1. The van der Waals surface area contributed by atoms with Gasteiger partial charge in [-0.15, -0.1) is 5.92 Å². The second-order valence-corrected chi connectivity index (χ2v) is 8.09. The van der Waals surface area contributed by atoms with Gasteiger partial charge in [-0.2, -0.15) is 9.97 Å². The first-order valence-electron chi connectivity index (χ1n) is 11.3. The summed E-state index contributed by atoms with van der Waals surface area (Å²) in [5, 5.41) is 2.92. The predicted octanol–water partition coefficient (Wildman–Crippen LogP) is 1.75. The van der Waals surface area contributed by atoms with Gasteiger partial charge in [0.25, 0.3) is 5.56 Å². The lowest BCUT2D eigenvalue weighted by Gasteiger charge is -2.27. The van der Waals surface area contributed by atoms with Crippen LogP contribution in [0, 0.1) is 11.8 Å². The highest BCUT2D eigenvalue weighted by Gasteiger charge is 2.23. The summed E-state index contributed by atoms with van der Waals surface area (Å²) in [6, 6.07) is 9.93. The van der Waals surface area contributed by atoms with Gasteiger partial charge in [0.2, 0.25) is 17.8 Å². The molecule has 0 saturated carbocycles. The Balaban J connectivity index is 1.82. The summed E-state index contributed by atoms with van der Waals surface area (Å²) in [7, 11) is 0. The van der Waals surface area contributed by atoms with Crippen molar-refractivity contribution in [3.8, 4) is 11.8 Å². The number of primary amides is 1. The van der Waals surface area contributed by atoms with E-state index >= 15 is 0 Å². The molecule has 1 aliphatic rings. The third-order valence-electron chi connectivity index (χ3n) is 5.78. The number of benzene rings is 1. The lowest BCUT2D eigenvalue weighted by Crippen LogP contribution is -2.32. The molecule has 3 aromatic rings. The van der Waals surface area contributed by atoms with Gasteiger partial charge in [0.05, 0.1) is 13.1 Å². The van der Waals surface area contributed by atoms with E-state index in [-0.39, 0.29) is 12.1 Å². The molecule has 33 heavy (non-hydrogen) atoms. The van der Waals surface area contributed by atoms with E-state index < -0.39 is 5.91 Å². The third-order valence-corrected chi connectivity index (χ3v) is 5.78. The second-order valence-electron chi connectivity index (χ2n) is 8.09. The maximum Gasteiger partial charge on any atom is 0.281 e. The van der Waals surface area contributed by atoms with E-state index in [0.717, 1.165) is 37.4 Å². The summed E-state index contributed by atoms with van der Waals surface area (Å²) >= 11 is 0. The normalized spacial score (nSPS) is 13.5. The Morgan fingerprint density at radius 1 is 1.12 bits per heavy atom. The van der Waals surface area contributed by atoms with Crippen molar-refractivity contribution in [1.82, 2.24) is 19.1 Å². The summed E-state index contributed by atoms with van der Waals surface area (Å²) in [5.41, 5.74) is 6.99. The average molecular weight is 448 g/mol. The number of rotatable bonds is 8. The highest BCUT2D eigenvalue weighted by Crippen LogP contribution is 2.24. The van der Waals surface area contributed by atoms with Crippen molar-refractivity contribution in [2.75, 3.05) is 29.9 Å². The molecule has 3 heterocycles. The highest BCUT2D eigenvalue weighted by atomic mass is 16.1. The number of hydrogen-bond acceptors (Lipinski definition) is 6. The quantitative estimate of drug-likeness (QED) is 0.509. The second kappa shape index (κ2) is 10.2. The van der Waals surface area contributed by atoms with E-state index in [1.807, 2.05) is 34.9 Å². The topological polar surface area (TPSA) is 111 Å². The van der Waals surface area contributed by atoms with Crippen LogP contribution in [0.5, 0.6) is 0 Å². The van der Waals surface area contributed by atoms with Crippen LogP contribution in [0.15, 0.2) is 35.1 Å². The van der Waals surface area contributed by atoms with Gasteiger partial charge in [0.15, 0.2) is 11.2 Å². The molecule has 0 bridgehead atoms. The molecule has 0 radical (unpaired) electrons. The van der Waals surface area contributed by atoms with Crippen LogP contribution in [-0.4, -0.2) is 44.6 Å². The molecule has 1 aromatic carbocycles.